The van der Waals surface area contributed by atoms with E-state index in [0.717, 1.165) is 4.88 Å². The first-order valence-electron chi connectivity index (χ1n) is 7.19. The molecule has 1 aromatic carbocycles. The van der Waals surface area contributed by atoms with Gasteiger partial charge in [0.15, 0.2) is 0 Å². The van der Waals surface area contributed by atoms with Gasteiger partial charge in [0, 0.05) is 11.4 Å². The van der Waals surface area contributed by atoms with Gasteiger partial charge in [-0.1, -0.05) is 6.07 Å². The minimum absolute atomic E-state index is 0.00308. The second-order valence-electron chi connectivity index (χ2n) is 5.48. The Bertz CT molecular complexity index is 741. The molecule has 1 aromatic heterocycles. The summed E-state index contributed by atoms with van der Waals surface area (Å²) in [6, 6.07) is 8.94. The van der Waals surface area contributed by atoms with E-state index < -0.39 is 10.0 Å². The molecule has 0 aliphatic carbocycles. The molecule has 2 rings (SSSR count). The lowest BCUT2D eigenvalue weighted by Gasteiger charge is -2.23. The maximum atomic E-state index is 12.6. The Morgan fingerprint density at radius 3 is 2.57 bits per heavy atom. The molecule has 126 valence electrons. The van der Waals surface area contributed by atoms with E-state index in [2.05, 4.69) is 4.72 Å². The largest absolute Gasteiger partial charge is 0.497 e. The SMILES string of the molecule is COc1ccc(S(=O)(=O)NCC(c2cccs2)N(C)C)c(C)c1. The number of ether oxygens (including phenoxy) is 1. The first kappa shape index (κ1) is 17.9. The van der Waals surface area contributed by atoms with Crippen molar-refractivity contribution in [2.75, 3.05) is 27.7 Å². The number of benzene rings is 1. The van der Waals surface area contributed by atoms with Crippen LogP contribution in [0.2, 0.25) is 0 Å². The molecule has 1 atom stereocenters. The van der Waals surface area contributed by atoms with Crippen molar-refractivity contribution in [2.45, 2.75) is 17.9 Å². The summed E-state index contributed by atoms with van der Waals surface area (Å²) in [4.78, 5) is 3.42. The molecule has 2 aromatic rings. The number of nitrogens with zero attached hydrogens (tertiary/aromatic N) is 1. The Hall–Kier alpha value is -1.41. The van der Waals surface area contributed by atoms with Crippen molar-refractivity contribution in [3.8, 4) is 5.75 Å². The van der Waals surface area contributed by atoms with Crippen LogP contribution in [0.15, 0.2) is 40.6 Å². The predicted octanol–water partition coefficient (Wildman–Crippen LogP) is 2.65. The second-order valence-corrected chi connectivity index (χ2v) is 8.19. The lowest BCUT2D eigenvalue weighted by Crippen LogP contribution is -2.34. The maximum absolute atomic E-state index is 12.6. The molecular formula is C16H22N2O3S2. The third-order valence-corrected chi connectivity index (χ3v) is 6.19. The van der Waals surface area contributed by atoms with Gasteiger partial charge in [0.05, 0.1) is 18.0 Å². The molecule has 0 aliphatic heterocycles. The Morgan fingerprint density at radius 1 is 1.30 bits per heavy atom. The molecule has 23 heavy (non-hydrogen) atoms. The standard InChI is InChI=1S/C16H22N2O3S2/c1-12-10-13(21-4)7-8-16(12)23(19,20)17-11-14(18(2)3)15-6-5-9-22-15/h5-10,14,17H,11H2,1-4H3. The zero-order valence-corrected chi connectivity index (χ0v) is 15.4. The fourth-order valence-corrected chi connectivity index (χ4v) is 4.52. The van der Waals surface area contributed by atoms with Crippen LogP contribution in [0.5, 0.6) is 5.75 Å². The van der Waals surface area contributed by atoms with E-state index in [1.807, 2.05) is 36.5 Å². The fraction of sp³-hybridized carbons (Fsp3) is 0.375. The van der Waals surface area contributed by atoms with Crippen molar-refractivity contribution in [1.82, 2.24) is 9.62 Å². The van der Waals surface area contributed by atoms with Gasteiger partial charge in [0.1, 0.15) is 5.75 Å². The zero-order valence-electron chi connectivity index (χ0n) is 13.7. The van der Waals surface area contributed by atoms with Gasteiger partial charge in [-0.2, -0.15) is 0 Å². The molecule has 0 saturated carbocycles. The van der Waals surface area contributed by atoms with Crippen LogP contribution in [0.25, 0.3) is 0 Å². The number of hydrogen-bond donors (Lipinski definition) is 1. The van der Waals surface area contributed by atoms with Crippen molar-refractivity contribution in [1.29, 1.82) is 0 Å². The summed E-state index contributed by atoms with van der Waals surface area (Å²) >= 11 is 1.62. The highest BCUT2D eigenvalue weighted by Crippen LogP contribution is 2.24. The van der Waals surface area contributed by atoms with Gasteiger partial charge in [0.25, 0.3) is 0 Å². The van der Waals surface area contributed by atoms with E-state index in [9.17, 15) is 8.42 Å². The quantitative estimate of drug-likeness (QED) is 0.830. The van der Waals surface area contributed by atoms with Crippen LogP contribution in [-0.2, 0) is 10.0 Å². The second kappa shape index (κ2) is 7.44. The van der Waals surface area contributed by atoms with Crippen LogP contribution in [0.1, 0.15) is 16.5 Å². The maximum Gasteiger partial charge on any atom is 0.240 e. The van der Waals surface area contributed by atoms with E-state index in [1.54, 1.807) is 43.6 Å². The average Bonchev–Trinajstić information content (AvgIpc) is 3.00. The minimum atomic E-state index is -3.56. The van der Waals surface area contributed by atoms with Crippen LogP contribution in [0.3, 0.4) is 0 Å². The Morgan fingerprint density at radius 2 is 2.04 bits per heavy atom. The molecule has 0 spiro atoms. The van der Waals surface area contributed by atoms with E-state index in [1.165, 1.54) is 0 Å². The van der Waals surface area contributed by atoms with E-state index in [-0.39, 0.29) is 10.9 Å². The Labute approximate surface area is 142 Å². The molecule has 1 N–H and O–H groups in total. The smallest absolute Gasteiger partial charge is 0.240 e. The zero-order chi connectivity index (χ0) is 17.0. The lowest BCUT2D eigenvalue weighted by molar-refractivity contribution is 0.303. The summed E-state index contributed by atoms with van der Waals surface area (Å²) < 4.78 is 33.0. The minimum Gasteiger partial charge on any atom is -0.497 e. The fourth-order valence-electron chi connectivity index (χ4n) is 2.34. The third kappa shape index (κ3) is 4.32. The van der Waals surface area contributed by atoms with Gasteiger partial charge in [0.2, 0.25) is 10.0 Å². The van der Waals surface area contributed by atoms with E-state index in [0.29, 0.717) is 17.9 Å². The van der Waals surface area contributed by atoms with E-state index >= 15 is 0 Å². The van der Waals surface area contributed by atoms with Crippen LogP contribution >= 0.6 is 11.3 Å². The molecular weight excluding hydrogens is 332 g/mol. The third-order valence-electron chi connectivity index (χ3n) is 3.63. The monoisotopic (exact) mass is 354 g/mol. The number of hydrogen-bond acceptors (Lipinski definition) is 5. The van der Waals surface area contributed by atoms with Gasteiger partial charge in [-0.05, 0) is 56.2 Å². The van der Waals surface area contributed by atoms with Gasteiger partial charge >= 0.3 is 0 Å². The summed E-state index contributed by atoms with van der Waals surface area (Å²) in [6.07, 6.45) is 0. The Kier molecular flexibility index (Phi) is 5.80. The van der Waals surface area contributed by atoms with Crippen molar-refractivity contribution in [3.05, 3.63) is 46.2 Å². The number of thiophene rings is 1. The summed E-state index contributed by atoms with van der Waals surface area (Å²) in [5.74, 6) is 0.645. The molecule has 1 unspecified atom stereocenters. The highest BCUT2D eigenvalue weighted by atomic mass is 32.2. The Balaban J connectivity index is 2.18. The summed E-state index contributed by atoms with van der Waals surface area (Å²) in [6.45, 7) is 2.08. The molecule has 0 fully saturated rings. The lowest BCUT2D eigenvalue weighted by atomic mass is 10.2. The van der Waals surface area contributed by atoms with Crippen LogP contribution in [-0.4, -0.2) is 41.1 Å². The highest BCUT2D eigenvalue weighted by molar-refractivity contribution is 7.89. The van der Waals surface area contributed by atoms with Crippen molar-refractivity contribution < 1.29 is 13.2 Å². The van der Waals surface area contributed by atoms with Crippen LogP contribution < -0.4 is 9.46 Å². The van der Waals surface area contributed by atoms with Crippen molar-refractivity contribution in [3.63, 3.8) is 0 Å². The van der Waals surface area contributed by atoms with Crippen molar-refractivity contribution >= 4 is 21.4 Å². The van der Waals surface area contributed by atoms with Gasteiger partial charge in [-0.3, -0.25) is 0 Å². The molecule has 0 aliphatic rings. The van der Waals surface area contributed by atoms with Crippen LogP contribution in [0, 0.1) is 6.92 Å². The molecule has 7 heteroatoms. The molecule has 5 nitrogen and oxygen atoms in total. The number of nitrogens with one attached hydrogen (secondary N) is 1. The first-order valence-corrected chi connectivity index (χ1v) is 9.55. The number of aryl methyl sites for hydroxylation is 1. The molecule has 0 bridgehead atoms. The average molecular weight is 354 g/mol. The van der Waals surface area contributed by atoms with Gasteiger partial charge in [-0.25, -0.2) is 13.1 Å². The van der Waals surface area contributed by atoms with Gasteiger partial charge in [-0.15, -0.1) is 11.3 Å². The molecule has 0 saturated heterocycles. The first-order chi connectivity index (χ1) is 10.8. The number of methoxy groups -OCH3 is 1. The number of rotatable bonds is 7. The van der Waals surface area contributed by atoms with E-state index in [4.69, 9.17) is 4.74 Å². The normalized spacial score (nSPS) is 13.3. The summed E-state index contributed by atoms with van der Waals surface area (Å²) in [7, 11) is 1.88. The number of likely N-dealkylation sites (N-methyl/N-ethyl adjacent to an activating group) is 1. The molecule has 0 amide bonds. The van der Waals surface area contributed by atoms with Gasteiger partial charge < -0.3 is 9.64 Å². The topological polar surface area (TPSA) is 58.6 Å². The van der Waals surface area contributed by atoms with Crippen molar-refractivity contribution in [2.24, 2.45) is 0 Å². The summed E-state index contributed by atoms with van der Waals surface area (Å²) in [5, 5.41) is 1.99. The summed E-state index contributed by atoms with van der Waals surface area (Å²) in [5.41, 5.74) is 0.661. The highest BCUT2D eigenvalue weighted by Gasteiger charge is 2.21. The predicted molar refractivity (Wildman–Crippen MR) is 93.7 cm³/mol. The van der Waals surface area contributed by atoms with Crippen LogP contribution in [0.4, 0.5) is 0 Å². The number of sulfonamides is 1. The molecule has 0 radical (unpaired) electrons. The molecule has 1 heterocycles.